The van der Waals surface area contributed by atoms with Crippen LogP contribution in [0.1, 0.15) is 86.3 Å². The van der Waals surface area contributed by atoms with Gasteiger partial charge in [-0.25, -0.2) is 26.9 Å². The van der Waals surface area contributed by atoms with E-state index in [1.54, 1.807) is 12.3 Å². The van der Waals surface area contributed by atoms with Gasteiger partial charge < -0.3 is 43.8 Å². The van der Waals surface area contributed by atoms with Gasteiger partial charge in [-0.05, 0) is 106 Å². The number of benzene rings is 3. The van der Waals surface area contributed by atoms with Crippen molar-refractivity contribution in [3.8, 4) is 17.4 Å². The highest BCUT2D eigenvalue weighted by atomic mass is 32.2. The number of rotatable bonds is 13. The van der Waals surface area contributed by atoms with Crippen LogP contribution in [0.25, 0.3) is 11.0 Å². The number of nitro benzene ring substituents is 1. The summed E-state index contributed by atoms with van der Waals surface area (Å²) in [6.45, 7) is 10.1. The number of para-hydroxylation sites is 1. The Morgan fingerprint density at radius 2 is 1.74 bits per heavy atom. The van der Waals surface area contributed by atoms with Gasteiger partial charge in [0.15, 0.2) is 23.1 Å². The summed E-state index contributed by atoms with van der Waals surface area (Å²) in [5.41, 5.74) is 3.04. The average Bonchev–Trinajstić information content (AvgIpc) is 4.04. The van der Waals surface area contributed by atoms with Crippen LogP contribution in [0.2, 0.25) is 0 Å². The third-order valence-corrected chi connectivity index (χ3v) is 19.1. The van der Waals surface area contributed by atoms with Crippen molar-refractivity contribution in [3.63, 3.8) is 0 Å². The van der Waals surface area contributed by atoms with Crippen molar-refractivity contribution in [2.75, 3.05) is 80.9 Å². The predicted molar refractivity (Wildman–Crippen MR) is 300 cm³/mol. The number of anilines is 4. The fourth-order valence-corrected chi connectivity index (χ4v) is 14.6. The molecule has 3 aromatic carbocycles. The van der Waals surface area contributed by atoms with Crippen LogP contribution < -0.4 is 34.0 Å². The number of fused-ring (bicyclic) bond motifs is 4. The van der Waals surface area contributed by atoms with Crippen molar-refractivity contribution < 1.29 is 50.6 Å². The number of nitrogens with one attached hydrogen (secondary N) is 3. The predicted octanol–water partition coefficient (Wildman–Crippen LogP) is 8.65. The van der Waals surface area contributed by atoms with Crippen LogP contribution in [0.4, 0.5) is 37.3 Å². The monoisotopic (exact) mass is 1140 g/mol. The fraction of sp³-hybridized carbons (Fsp3) is 0.475. The Balaban J connectivity index is 0.773. The second-order valence-electron chi connectivity index (χ2n) is 23.3. The van der Waals surface area contributed by atoms with Crippen LogP contribution in [0.15, 0.2) is 90.1 Å². The third kappa shape index (κ3) is 10.4. The van der Waals surface area contributed by atoms with Crippen molar-refractivity contribution >= 4 is 55.5 Å². The van der Waals surface area contributed by atoms with Gasteiger partial charge in [0.1, 0.15) is 35.6 Å². The van der Waals surface area contributed by atoms with E-state index in [9.17, 15) is 32.1 Å². The number of pyridine rings is 2. The molecule has 3 aromatic heterocycles. The highest BCUT2D eigenvalue weighted by molar-refractivity contribution is 7.90. The van der Waals surface area contributed by atoms with Gasteiger partial charge >= 0.3 is 0 Å². The van der Waals surface area contributed by atoms with Crippen LogP contribution >= 0.6 is 0 Å². The van der Waals surface area contributed by atoms with E-state index < -0.39 is 49.2 Å². The van der Waals surface area contributed by atoms with Crippen LogP contribution in [-0.4, -0.2) is 140 Å². The molecular formula is C59H66F2N10O10S. The molecule has 4 saturated heterocycles. The topological polar surface area (TPSA) is 219 Å². The molecule has 13 rings (SSSR count). The molecule has 0 bridgehead atoms. The van der Waals surface area contributed by atoms with Gasteiger partial charge in [0.05, 0.1) is 51.9 Å². The summed E-state index contributed by atoms with van der Waals surface area (Å²) in [7, 11) is -4.76. The Bertz CT molecular complexity index is 3530. The van der Waals surface area contributed by atoms with Crippen molar-refractivity contribution in [1.29, 1.82) is 0 Å². The van der Waals surface area contributed by atoms with E-state index in [1.165, 1.54) is 24.4 Å². The van der Waals surface area contributed by atoms with E-state index in [4.69, 9.17) is 33.7 Å². The van der Waals surface area contributed by atoms with Gasteiger partial charge in [-0.3, -0.25) is 24.7 Å². The standard InChI is InChI=1S/C59H66F2N10O10S/c1-35(2)80-51-6-4-3-5-41(51)50-32-67(31-36-7-8-43(60)44(61)23-36)18-19-69(50)39-28-59(29-39)13-16-68(17-14-59)54-27-47(70-46-12-22-78-34-53(46)81-58-49(70)24-38-9-15-62-56(38)65-58)42(30-63-54)57(72)66-82(75,76)40-25-48(71(73)74)55-52(26-40)79-33-45(64-55)37-10-20-77-21-11-37/h3-9,15,23-27,30,35,37,39,45-46,50,53,64H,10-14,16-22,28-29,31-34H2,1-2H3,(H,62,65)(H,66,72)/t45-,46-,50-,53-/m0/s1. The molecule has 6 aliphatic heterocycles. The van der Waals surface area contributed by atoms with Crippen molar-refractivity contribution in [2.45, 2.75) is 107 Å². The molecule has 0 radical (unpaired) electrons. The van der Waals surface area contributed by atoms with E-state index in [0.717, 1.165) is 79.9 Å². The minimum atomic E-state index is -4.76. The molecule has 1 aliphatic carbocycles. The third-order valence-electron chi connectivity index (χ3n) is 17.8. The van der Waals surface area contributed by atoms with Gasteiger partial charge in [-0.1, -0.05) is 24.3 Å². The van der Waals surface area contributed by atoms with E-state index in [-0.39, 0.29) is 65.8 Å². The second-order valence-corrected chi connectivity index (χ2v) is 24.9. The molecule has 0 unspecified atom stereocenters. The number of amides is 1. The minimum Gasteiger partial charge on any atom is -0.491 e. The summed E-state index contributed by atoms with van der Waals surface area (Å²) in [4.78, 5) is 48.4. The first-order valence-electron chi connectivity index (χ1n) is 28.5. The molecule has 9 heterocycles. The van der Waals surface area contributed by atoms with E-state index in [0.29, 0.717) is 87.2 Å². The van der Waals surface area contributed by atoms with Crippen molar-refractivity contribution in [2.24, 2.45) is 11.3 Å². The van der Waals surface area contributed by atoms with E-state index >= 15 is 0 Å². The normalized spacial score (nSPS) is 23.2. The first-order chi connectivity index (χ1) is 39.7. The van der Waals surface area contributed by atoms with Gasteiger partial charge in [0.2, 0.25) is 5.88 Å². The molecule has 20 nitrogen and oxygen atoms in total. The zero-order valence-corrected chi connectivity index (χ0v) is 46.5. The number of halogens is 2. The maximum atomic E-state index is 14.9. The molecule has 432 valence electrons. The van der Waals surface area contributed by atoms with Crippen LogP contribution in [0.5, 0.6) is 17.4 Å². The van der Waals surface area contributed by atoms with E-state index in [2.05, 4.69) is 35.8 Å². The maximum absolute atomic E-state index is 14.9. The number of sulfonamides is 1. The highest BCUT2D eigenvalue weighted by Gasteiger charge is 2.51. The molecule has 82 heavy (non-hydrogen) atoms. The molecule has 4 atom stereocenters. The lowest BCUT2D eigenvalue weighted by Crippen LogP contribution is -2.59. The lowest BCUT2D eigenvalue weighted by atomic mass is 9.59. The Morgan fingerprint density at radius 1 is 0.939 bits per heavy atom. The number of aromatic nitrogens is 3. The molecule has 23 heteroatoms. The molecule has 6 aromatic rings. The average molecular weight is 1150 g/mol. The first-order valence-corrected chi connectivity index (χ1v) is 30.0. The molecule has 7 aliphatic rings. The lowest BCUT2D eigenvalue weighted by Gasteiger charge is -2.58. The van der Waals surface area contributed by atoms with Gasteiger partial charge in [0.25, 0.3) is 21.6 Å². The smallest absolute Gasteiger partial charge is 0.297 e. The quantitative estimate of drug-likeness (QED) is 0.0728. The SMILES string of the molecule is CC(C)Oc1ccccc1[C@@H]1CN(Cc2ccc(F)c(F)c2)CCN1C1CC2(CCN(c3cc(N4c5cc6cc[nH]c6nc5O[C@H]5COCC[C@@H]54)c(C(=O)NS(=O)(=O)c4cc5c(c([N+](=O)[O-])c4)N[C@H](C4CCOCC4)CO5)cn3)CC2)C1. The molecule has 1 amide bonds. The van der Waals surface area contributed by atoms with Gasteiger partial charge in [-0.15, -0.1) is 0 Å². The van der Waals surface area contributed by atoms with Crippen LogP contribution in [0, 0.1) is 33.1 Å². The van der Waals surface area contributed by atoms with Gasteiger partial charge in [0, 0.05) is 107 Å². The summed E-state index contributed by atoms with van der Waals surface area (Å²) >= 11 is 0. The Hall–Kier alpha value is -7.18. The Morgan fingerprint density at radius 3 is 2.54 bits per heavy atom. The number of carbonyl (C=O) groups is 1. The number of hydrogen-bond donors (Lipinski definition) is 3. The Labute approximate surface area is 473 Å². The summed E-state index contributed by atoms with van der Waals surface area (Å²) in [5.74, 6) is -0.780. The number of aromatic amines is 1. The number of ether oxygens (including phenoxy) is 5. The zero-order valence-electron chi connectivity index (χ0n) is 45.7. The molecular weight excluding hydrogens is 1080 g/mol. The summed E-state index contributed by atoms with van der Waals surface area (Å²) in [6.07, 6.45) is 8.50. The zero-order chi connectivity index (χ0) is 56.4. The lowest BCUT2D eigenvalue weighted by molar-refractivity contribution is -0.384. The second kappa shape index (κ2) is 21.9. The number of piperidine rings is 1. The van der Waals surface area contributed by atoms with Crippen LogP contribution in [0.3, 0.4) is 0 Å². The largest absolute Gasteiger partial charge is 0.491 e. The maximum Gasteiger partial charge on any atom is 0.297 e. The molecule has 1 spiro atoms. The van der Waals surface area contributed by atoms with Gasteiger partial charge in [-0.2, -0.15) is 4.98 Å². The number of H-pyrrole nitrogens is 1. The number of nitrogens with zero attached hydrogens (tertiary/aromatic N) is 7. The summed E-state index contributed by atoms with van der Waals surface area (Å²) in [5, 5.41) is 16.6. The summed E-state index contributed by atoms with van der Waals surface area (Å²) in [6, 6.07) is 19.9. The van der Waals surface area contributed by atoms with Crippen LogP contribution in [-0.2, 0) is 26.0 Å². The highest BCUT2D eigenvalue weighted by Crippen LogP contribution is 2.54. The minimum absolute atomic E-state index is 0.00323. The number of piperazine rings is 1. The number of hydrogen-bond acceptors (Lipinski definition) is 17. The first kappa shape index (κ1) is 54.1. The summed E-state index contributed by atoms with van der Waals surface area (Å²) < 4.78 is 89.8. The molecule has 5 fully saturated rings. The molecule has 3 N–H and O–H groups in total. The fourth-order valence-electron chi connectivity index (χ4n) is 13.6. The Kier molecular flexibility index (Phi) is 14.4. The van der Waals surface area contributed by atoms with Crippen molar-refractivity contribution in [1.82, 2.24) is 29.5 Å². The van der Waals surface area contributed by atoms with Crippen molar-refractivity contribution in [3.05, 3.63) is 124 Å². The molecule has 1 saturated carbocycles. The number of nitro groups is 1. The number of carbonyl (C=O) groups excluding carboxylic acids is 1. The van der Waals surface area contributed by atoms with E-state index in [1.807, 2.05) is 55.1 Å².